The van der Waals surface area contributed by atoms with Crippen molar-refractivity contribution in [2.45, 2.75) is 57.9 Å². The molecule has 1 rings (SSSR count). The van der Waals surface area contributed by atoms with Gasteiger partial charge < -0.3 is 10.6 Å². The minimum Gasteiger partial charge on any atom is -0.353 e. The first-order chi connectivity index (χ1) is 7.74. The molecule has 0 bridgehead atoms. The Bertz CT molecular complexity index is 198. The van der Waals surface area contributed by atoms with Crippen LogP contribution in [0.2, 0.25) is 0 Å². The molecule has 0 heterocycles. The first-order valence-electron chi connectivity index (χ1n) is 6.69. The van der Waals surface area contributed by atoms with E-state index in [0.717, 1.165) is 19.4 Å². The third-order valence-electron chi connectivity index (χ3n) is 3.41. The lowest BCUT2D eigenvalue weighted by Crippen LogP contribution is -2.41. The molecule has 2 N–H and O–H groups in total. The van der Waals surface area contributed by atoms with Crippen LogP contribution in [-0.2, 0) is 4.79 Å². The van der Waals surface area contributed by atoms with Crippen LogP contribution in [0.25, 0.3) is 0 Å². The Labute approximate surface area is 99.4 Å². The van der Waals surface area contributed by atoms with Gasteiger partial charge in [0.2, 0.25) is 5.91 Å². The van der Waals surface area contributed by atoms with Gasteiger partial charge in [-0.05, 0) is 19.9 Å². The summed E-state index contributed by atoms with van der Waals surface area (Å²) >= 11 is 0. The number of hydrogen-bond donors (Lipinski definition) is 2. The molecule has 1 aliphatic rings. The van der Waals surface area contributed by atoms with Gasteiger partial charge in [0.1, 0.15) is 0 Å². The lowest BCUT2D eigenvalue weighted by atomic mass is 9.96. The average Bonchev–Trinajstić information content (AvgIpc) is 2.22. The molecule has 1 atom stereocenters. The van der Waals surface area contributed by atoms with Crippen molar-refractivity contribution in [3.63, 3.8) is 0 Å². The summed E-state index contributed by atoms with van der Waals surface area (Å²) in [5.74, 6) is 0.287. The summed E-state index contributed by atoms with van der Waals surface area (Å²) in [6.45, 7) is 2.74. The van der Waals surface area contributed by atoms with Gasteiger partial charge in [-0.25, -0.2) is 0 Å². The second kappa shape index (κ2) is 7.66. The van der Waals surface area contributed by atoms with E-state index >= 15 is 0 Å². The largest absolute Gasteiger partial charge is 0.353 e. The fraction of sp³-hybridized carbons (Fsp3) is 0.923. The molecule has 0 aromatic carbocycles. The molecule has 16 heavy (non-hydrogen) atoms. The van der Waals surface area contributed by atoms with Crippen molar-refractivity contribution < 1.29 is 4.79 Å². The summed E-state index contributed by atoms with van der Waals surface area (Å²) in [6.07, 6.45) is 8.90. The third kappa shape index (κ3) is 4.97. The quantitative estimate of drug-likeness (QED) is 0.770. The number of hydrogen-bond acceptors (Lipinski definition) is 2. The van der Waals surface area contributed by atoms with Crippen LogP contribution in [0.15, 0.2) is 0 Å². The zero-order valence-corrected chi connectivity index (χ0v) is 10.7. The highest BCUT2D eigenvalue weighted by Crippen LogP contribution is 2.17. The van der Waals surface area contributed by atoms with E-state index in [1.807, 2.05) is 14.0 Å². The predicted octanol–water partition coefficient (Wildman–Crippen LogP) is 2.07. The van der Waals surface area contributed by atoms with Crippen LogP contribution in [-0.4, -0.2) is 25.5 Å². The Balaban J connectivity index is 2.29. The second-order valence-corrected chi connectivity index (χ2v) is 5.01. The lowest BCUT2D eigenvalue weighted by molar-refractivity contribution is -0.125. The van der Waals surface area contributed by atoms with E-state index in [1.54, 1.807) is 0 Å². The van der Waals surface area contributed by atoms with Gasteiger partial charge >= 0.3 is 0 Å². The van der Waals surface area contributed by atoms with E-state index in [1.165, 1.54) is 32.1 Å². The molecule has 94 valence electrons. The maximum atomic E-state index is 11.8. The minimum atomic E-state index is 0.0791. The van der Waals surface area contributed by atoms with Gasteiger partial charge in [0, 0.05) is 18.5 Å². The van der Waals surface area contributed by atoms with Crippen molar-refractivity contribution in [3.05, 3.63) is 0 Å². The van der Waals surface area contributed by atoms with Gasteiger partial charge in [-0.1, -0.05) is 39.0 Å². The summed E-state index contributed by atoms with van der Waals surface area (Å²) in [5, 5.41) is 6.24. The standard InChI is InChI=1S/C13H26N2O/c1-11(10-14-2)13(16)15-12-8-6-4-3-5-7-9-12/h11-12,14H,3-10H2,1-2H3,(H,15,16). The van der Waals surface area contributed by atoms with E-state index in [0.29, 0.717) is 6.04 Å². The summed E-state index contributed by atoms with van der Waals surface area (Å²) in [4.78, 5) is 11.8. The lowest BCUT2D eigenvalue weighted by Gasteiger charge is -2.22. The number of amides is 1. The summed E-state index contributed by atoms with van der Waals surface area (Å²) < 4.78 is 0. The van der Waals surface area contributed by atoms with Gasteiger partial charge in [0.25, 0.3) is 0 Å². The van der Waals surface area contributed by atoms with Crippen LogP contribution in [0.4, 0.5) is 0 Å². The van der Waals surface area contributed by atoms with Gasteiger partial charge in [-0.15, -0.1) is 0 Å². The molecule has 0 saturated heterocycles. The maximum Gasteiger partial charge on any atom is 0.224 e. The monoisotopic (exact) mass is 226 g/mol. The zero-order valence-electron chi connectivity index (χ0n) is 10.7. The van der Waals surface area contributed by atoms with Crippen molar-refractivity contribution >= 4 is 5.91 Å². The van der Waals surface area contributed by atoms with Gasteiger partial charge in [-0.2, -0.15) is 0 Å². The molecule has 0 spiro atoms. The highest BCUT2D eigenvalue weighted by atomic mass is 16.1. The fourth-order valence-electron chi connectivity index (χ4n) is 2.34. The smallest absolute Gasteiger partial charge is 0.224 e. The number of nitrogens with one attached hydrogen (secondary N) is 2. The van der Waals surface area contributed by atoms with E-state index in [2.05, 4.69) is 10.6 Å². The molecule has 1 fully saturated rings. The van der Waals surface area contributed by atoms with Crippen molar-refractivity contribution in [2.24, 2.45) is 5.92 Å². The van der Waals surface area contributed by atoms with Crippen molar-refractivity contribution in [2.75, 3.05) is 13.6 Å². The third-order valence-corrected chi connectivity index (χ3v) is 3.41. The predicted molar refractivity (Wildman–Crippen MR) is 67.3 cm³/mol. The molecular weight excluding hydrogens is 200 g/mol. The molecule has 1 aliphatic carbocycles. The molecule has 1 unspecified atom stereocenters. The van der Waals surface area contributed by atoms with Crippen molar-refractivity contribution in [1.82, 2.24) is 10.6 Å². The highest BCUT2D eigenvalue weighted by Gasteiger charge is 2.17. The Morgan fingerprint density at radius 1 is 1.19 bits per heavy atom. The zero-order chi connectivity index (χ0) is 11.8. The second-order valence-electron chi connectivity index (χ2n) is 5.01. The van der Waals surface area contributed by atoms with E-state index < -0.39 is 0 Å². The summed E-state index contributed by atoms with van der Waals surface area (Å²) in [6, 6.07) is 0.423. The summed E-state index contributed by atoms with van der Waals surface area (Å²) in [5.41, 5.74) is 0. The average molecular weight is 226 g/mol. The van der Waals surface area contributed by atoms with Crippen molar-refractivity contribution in [3.8, 4) is 0 Å². The van der Waals surface area contributed by atoms with E-state index in [4.69, 9.17) is 0 Å². The molecule has 1 amide bonds. The first-order valence-corrected chi connectivity index (χ1v) is 6.69. The molecule has 0 radical (unpaired) electrons. The van der Waals surface area contributed by atoms with Crippen LogP contribution in [0.5, 0.6) is 0 Å². The number of rotatable bonds is 4. The van der Waals surface area contributed by atoms with Gasteiger partial charge in [0.05, 0.1) is 0 Å². The maximum absolute atomic E-state index is 11.8. The normalized spacial score (nSPS) is 20.9. The van der Waals surface area contributed by atoms with Crippen LogP contribution in [0.3, 0.4) is 0 Å². The molecular formula is C13H26N2O. The van der Waals surface area contributed by atoms with Crippen LogP contribution in [0.1, 0.15) is 51.9 Å². The minimum absolute atomic E-state index is 0.0791. The fourth-order valence-corrected chi connectivity index (χ4v) is 2.34. The molecule has 1 saturated carbocycles. The molecule has 0 aliphatic heterocycles. The molecule has 0 aromatic heterocycles. The van der Waals surface area contributed by atoms with Gasteiger partial charge in [-0.3, -0.25) is 4.79 Å². The first kappa shape index (κ1) is 13.5. The topological polar surface area (TPSA) is 41.1 Å². The number of carbonyl (C=O) groups is 1. The molecule has 0 aromatic rings. The number of carbonyl (C=O) groups excluding carboxylic acids is 1. The Kier molecular flexibility index (Phi) is 6.46. The molecule has 3 heteroatoms. The Hall–Kier alpha value is -0.570. The Morgan fingerprint density at radius 3 is 2.31 bits per heavy atom. The van der Waals surface area contributed by atoms with Crippen LogP contribution >= 0.6 is 0 Å². The SMILES string of the molecule is CNCC(C)C(=O)NC1CCCCCCC1. The molecule has 3 nitrogen and oxygen atoms in total. The Morgan fingerprint density at radius 2 is 1.75 bits per heavy atom. The van der Waals surface area contributed by atoms with E-state index in [9.17, 15) is 4.79 Å². The summed E-state index contributed by atoms with van der Waals surface area (Å²) in [7, 11) is 1.89. The van der Waals surface area contributed by atoms with Crippen molar-refractivity contribution in [1.29, 1.82) is 0 Å². The van der Waals surface area contributed by atoms with Crippen LogP contribution < -0.4 is 10.6 Å². The highest BCUT2D eigenvalue weighted by molar-refractivity contribution is 5.78. The van der Waals surface area contributed by atoms with Crippen LogP contribution in [0, 0.1) is 5.92 Å². The van der Waals surface area contributed by atoms with Gasteiger partial charge in [0.15, 0.2) is 0 Å². The van der Waals surface area contributed by atoms with E-state index in [-0.39, 0.29) is 11.8 Å².